The van der Waals surface area contributed by atoms with Crippen molar-refractivity contribution in [1.29, 1.82) is 0 Å². The van der Waals surface area contributed by atoms with Gasteiger partial charge in [-0.15, -0.1) is 0 Å². The molecular formula is C20H20FN3O2. The van der Waals surface area contributed by atoms with Gasteiger partial charge in [-0.05, 0) is 48.4 Å². The minimum Gasteiger partial charge on any atom is -0.493 e. The molecule has 1 heterocycles. The molecule has 0 spiro atoms. The van der Waals surface area contributed by atoms with Gasteiger partial charge in [-0.3, -0.25) is 4.79 Å². The molecule has 0 unspecified atom stereocenters. The van der Waals surface area contributed by atoms with Gasteiger partial charge in [-0.25, -0.2) is 9.07 Å². The van der Waals surface area contributed by atoms with Gasteiger partial charge in [0.05, 0.1) is 24.9 Å². The van der Waals surface area contributed by atoms with Crippen LogP contribution in [0.3, 0.4) is 0 Å². The first-order valence-corrected chi connectivity index (χ1v) is 8.45. The third kappa shape index (κ3) is 5.17. The lowest BCUT2D eigenvalue weighted by molar-refractivity contribution is -0.121. The number of para-hydroxylation sites is 1. The number of nitrogens with one attached hydrogen (secondary N) is 1. The molecule has 0 radical (unpaired) electrons. The Labute approximate surface area is 151 Å². The first-order chi connectivity index (χ1) is 12.7. The van der Waals surface area contributed by atoms with E-state index in [1.807, 2.05) is 41.2 Å². The van der Waals surface area contributed by atoms with Crippen LogP contribution in [0.4, 0.5) is 4.39 Å². The molecule has 134 valence electrons. The molecule has 3 aromatic rings. The van der Waals surface area contributed by atoms with Crippen molar-refractivity contribution in [1.82, 2.24) is 15.1 Å². The van der Waals surface area contributed by atoms with Crippen LogP contribution < -0.4 is 10.1 Å². The molecule has 3 rings (SSSR count). The number of hydrogen-bond donors (Lipinski definition) is 1. The van der Waals surface area contributed by atoms with Crippen LogP contribution in [0.15, 0.2) is 67.0 Å². The maximum atomic E-state index is 12.8. The summed E-state index contributed by atoms with van der Waals surface area (Å²) in [6.07, 6.45) is 4.72. The molecule has 2 aromatic carbocycles. The third-order valence-corrected chi connectivity index (χ3v) is 3.80. The number of halogens is 1. The van der Waals surface area contributed by atoms with E-state index in [1.54, 1.807) is 6.20 Å². The van der Waals surface area contributed by atoms with Crippen molar-refractivity contribution < 1.29 is 13.9 Å². The second-order valence-corrected chi connectivity index (χ2v) is 5.78. The van der Waals surface area contributed by atoms with E-state index in [-0.39, 0.29) is 24.8 Å². The van der Waals surface area contributed by atoms with E-state index in [0.717, 1.165) is 11.3 Å². The molecule has 0 aliphatic carbocycles. The van der Waals surface area contributed by atoms with Gasteiger partial charge in [-0.1, -0.05) is 18.2 Å². The molecule has 1 N–H and O–H groups in total. The number of hydrogen-bond acceptors (Lipinski definition) is 3. The van der Waals surface area contributed by atoms with Crippen molar-refractivity contribution in [3.63, 3.8) is 0 Å². The normalized spacial score (nSPS) is 10.5. The number of carbonyl (C=O) groups is 1. The lowest BCUT2D eigenvalue weighted by atomic mass is 10.2. The average molecular weight is 353 g/mol. The minimum absolute atomic E-state index is 0.0810. The fourth-order valence-corrected chi connectivity index (χ4v) is 2.44. The Balaban J connectivity index is 1.36. The number of amides is 1. The minimum atomic E-state index is -0.314. The van der Waals surface area contributed by atoms with Crippen LogP contribution in [-0.2, 0) is 11.2 Å². The Kier molecular flexibility index (Phi) is 5.98. The second kappa shape index (κ2) is 8.80. The van der Waals surface area contributed by atoms with Crippen LogP contribution in [0.1, 0.15) is 12.0 Å². The zero-order valence-corrected chi connectivity index (χ0v) is 14.3. The van der Waals surface area contributed by atoms with Crippen LogP contribution in [0.25, 0.3) is 5.69 Å². The van der Waals surface area contributed by atoms with E-state index in [1.165, 1.54) is 24.3 Å². The number of ether oxygens (including phenoxy) is 1. The van der Waals surface area contributed by atoms with Crippen LogP contribution in [0.5, 0.6) is 5.75 Å². The molecule has 0 bridgehead atoms. The quantitative estimate of drug-likeness (QED) is 0.677. The maximum Gasteiger partial charge on any atom is 0.223 e. The van der Waals surface area contributed by atoms with Gasteiger partial charge in [0.1, 0.15) is 11.6 Å². The monoisotopic (exact) mass is 353 g/mol. The average Bonchev–Trinajstić information content (AvgIpc) is 3.13. The summed E-state index contributed by atoms with van der Waals surface area (Å²) >= 11 is 0. The van der Waals surface area contributed by atoms with Crippen molar-refractivity contribution in [2.75, 3.05) is 13.2 Å². The smallest absolute Gasteiger partial charge is 0.223 e. The topological polar surface area (TPSA) is 56.1 Å². The predicted molar refractivity (Wildman–Crippen MR) is 96.8 cm³/mol. The van der Waals surface area contributed by atoms with Crippen molar-refractivity contribution >= 4 is 5.91 Å². The molecule has 1 aromatic heterocycles. The predicted octanol–water partition coefficient (Wildman–Crippen LogP) is 3.14. The van der Waals surface area contributed by atoms with Gasteiger partial charge in [0.25, 0.3) is 0 Å². The number of carbonyl (C=O) groups excluding carboxylic acids is 1. The van der Waals surface area contributed by atoms with Gasteiger partial charge in [-0.2, -0.15) is 5.10 Å². The number of aromatic nitrogens is 2. The lowest BCUT2D eigenvalue weighted by Gasteiger charge is -2.07. The molecule has 0 fully saturated rings. The molecule has 6 heteroatoms. The molecule has 26 heavy (non-hydrogen) atoms. The highest BCUT2D eigenvalue weighted by atomic mass is 19.1. The molecule has 0 aliphatic rings. The summed E-state index contributed by atoms with van der Waals surface area (Å²) in [5.41, 5.74) is 2.05. The van der Waals surface area contributed by atoms with Crippen molar-refractivity contribution in [3.8, 4) is 11.4 Å². The van der Waals surface area contributed by atoms with Gasteiger partial charge < -0.3 is 10.1 Å². The molecular weight excluding hydrogens is 333 g/mol. The highest BCUT2D eigenvalue weighted by Gasteiger charge is 2.04. The second-order valence-electron chi connectivity index (χ2n) is 5.78. The third-order valence-electron chi connectivity index (χ3n) is 3.80. The van der Waals surface area contributed by atoms with Crippen LogP contribution >= 0.6 is 0 Å². The molecule has 0 saturated carbocycles. The molecule has 0 saturated heterocycles. The van der Waals surface area contributed by atoms with Crippen molar-refractivity contribution in [2.24, 2.45) is 0 Å². The SMILES string of the molecule is O=C(CCOc1ccc(F)cc1)NCCc1cnn(-c2ccccc2)c1. The summed E-state index contributed by atoms with van der Waals surface area (Å²) in [6.45, 7) is 0.791. The summed E-state index contributed by atoms with van der Waals surface area (Å²) in [7, 11) is 0. The van der Waals surface area contributed by atoms with Crippen LogP contribution in [0, 0.1) is 5.82 Å². The molecule has 5 nitrogen and oxygen atoms in total. The summed E-state index contributed by atoms with van der Waals surface area (Å²) in [5, 5.41) is 7.19. The lowest BCUT2D eigenvalue weighted by Crippen LogP contribution is -2.26. The first kappa shape index (κ1) is 17.7. The molecule has 0 atom stereocenters. The highest BCUT2D eigenvalue weighted by molar-refractivity contribution is 5.75. The van der Waals surface area contributed by atoms with E-state index in [9.17, 15) is 9.18 Å². The van der Waals surface area contributed by atoms with Crippen molar-refractivity contribution in [2.45, 2.75) is 12.8 Å². The fourth-order valence-electron chi connectivity index (χ4n) is 2.44. The highest BCUT2D eigenvalue weighted by Crippen LogP contribution is 2.11. The van der Waals surface area contributed by atoms with Gasteiger partial charge >= 0.3 is 0 Å². The maximum absolute atomic E-state index is 12.8. The van der Waals surface area contributed by atoms with Crippen molar-refractivity contribution in [3.05, 3.63) is 78.4 Å². The summed E-state index contributed by atoms with van der Waals surface area (Å²) in [6, 6.07) is 15.6. The Morgan fingerprint density at radius 1 is 1.12 bits per heavy atom. The Bertz CT molecular complexity index is 832. The molecule has 0 aliphatic heterocycles. The van der Waals surface area contributed by atoms with Gasteiger partial charge in [0.15, 0.2) is 0 Å². The standard InChI is InChI=1S/C20H20FN3O2/c21-17-6-8-19(9-7-17)26-13-11-20(25)22-12-10-16-14-23-24(15-16)18-4-2-1-3-5-18/h1-9,14-15H,10-13H2,(H,22,25). The van der Waals surface area contributed by atoms with E-state index < -0.39 is 0 Å². The number of benzene rings is 2. The summed E-state index contributed by atoms with van der Waals surface area (Å²) in [5.74, 6) is 0.153. The van der Waals surface area contributed by atoms with E-state index in [4.69, 9.17) is 4.74 Å². The van der Waals surface area contributed by atoms with Crippen LogP contribution in [0.2, 0.25) is 0 Å². The van der Waals surface area contributed by atoms with Gasteiger partial charge in [0, 0.05) is 12.7 Å². The van der Waals surface area contributed by atoms with E-state index in [2.05, 4.69) is 10.4 Å². The van der Waals surface area contributed by atoms with Crippen LogP contribution in [-0.4, -0.2) is 28.8 Å². The summed E-state index contributed by atoms with van der Waals surface area (Å²) in [4.78, 5) is 11.8. The number of rotatable bonds is 8. The Hall–Kier alpha value is -3.15. The Morgan fingerprint density at radius 2 is 1.88 bits per heavy atom. The first-order valence-electron chi connectivity index (χ1n) is 8.45. The molecule has 1 amide bonds. The largest absolute Gasteiger partial charge is 0.493 e. The summed E-state index contributed by atoms with van der Waals surface area (Å²) < 4.78 is 20.0. The Morgan fingerprint density at radius 3 is 2.65 bits per heavy atom. The zero-order chi connectivity index (χ0) is 18.2. The fraction of sp³-hybridized carbons (Fsp3) is 0.200. The van der Waals surface area contributed by atoms with E-state index >= 15 is 0 Å². The van der Waals surface area contributed by atoms with Gasteiger partial charge in [0.2, 0.25) is 5.91 Å². The number of nitrogens with zero attached hydrogens (tertiary/aromatic N) is 2. The zero-order valence-electron chi connectivity index (χ0n) is 14.3. The van der Waals surface area contributed by atoms with E-state index in [0.29, 0.717) is 18.7 Å².